The number of halogens is 2. The molecule has 2 rings (SSSR count). The molecule has 25 heavy (non-hydrogen) atoms. The van der Waals surface area contributed by atoms with Gasteiger partial charge in [0.25, 0.3) is 0 Å². The Morgan fingerprint density at radius 1 is 0.880 bits per heavy atom. The number of benzene rings is 2. The zero-order valence-corrected chi connectivity index (χ0v) is 17.4. The minimum absolute atomic E-state index is 0.687. The standard InChI is InChI=1S/C21H28BrClO2/c1-2-3-4-7-14-24-18-10-11-19-17(16-18)9-12-20(21(19)23)25-15-8-5-6-13-22/h9-12,16H,2-8,13-15H2,1H3. The molecule has 0 atom stereocenters. The molecule has 0 saturated heterocycles. The van der Waals surface area contributed by atoms with Gasteiger partial charge in [-0.15, -0.1) is 0 Å². The third-order valence-corrected chi connectivity index (χ3v) is 5.14. The Bertz CT molecular complexity index is 645. The van der Waals surface area contributed by atoms with Crippen LogP contribution in [0, 0.1) is 0 Å². The van der Waals surface area contributed by atoms with Crippen LogP contribution in [0.5, 0.6) is 11.5 Å². The van der Waals surface area contributed by atoms with Gasteiger partial charge in [0.15, 0.2) is 0 Å². The molecule has 0 aliphatic rings. The van der Waals surface area contributed by atoms with E-state index >= 15 is 0 Å². The van der Waals surface area contributed by atoms with Crippen LogP contribution >= 0.6 is 27.5 Å². The van der Waals surface area contributed by atoms with E-state index in [2.05, 4.69) is 35.0 Å². The summed E-state index contributed by atoms with van der Waals surface area (Å²) in [5, 5.41) is 3.83. The Hall–Kier alpha value is -0.930. The van der Waals surface area contributed by atoms with Crippen LogP contribution in [0.25, 0.3) is 10.8 Å². The van der Waals surface area contributed by atoms with Gasteiger partial charge in [0, 0.05) is 10.7 Å². The van der Waals surface area contributed by atoms with Crippen molar-refractivity contribution in [2.45, 2.75) is 51.9 Å². The summed E-state index contributed by atoms with van der Waals surface area (Å²) in [5.41, 5.74) is 0. The molecule has 2 aromatic rings. The van der Waals surface area contributed by atoms with Gasteiger partial charge in [-0.25, -0.2) is 0 Å². The second-order valence-electron chi connectivity index (χ2n) is 6.27. The topological polar surface area (TPSA) is 18.5 Å². The molecule has 0 spiro atoms. The second-order valence-corrected chi connectivity index (χ2v) is 7.44. The Labute approximate surface area is 165 Å². The van der Waals surface area contributed by atoms with Gasteiger partial charge in [-0.1, -0.05) is 59.8 Å². The Morgan fingerprint density at radius 2 is 1.64 bits per heavy atom. The molecule has 0 aliphatic carbocycles. The highest BCUT2D eigenvalue weighted by atomic mass is 79.9. The van der Waals surface area contributed by atoms with Gasteiger partial charge < -0.3 is 9.47 Å². The first-order valence-electron chi connectivity index (χ1n) is 9.30. The summed E-state index contributed by atoms with van der Waals surface area (Å²) in [5.74, 6) is 1.67. The molecule has 138 valence electrons. The maximum atomic E-state index is 6.52. The van der Waals surface area contributed by atoms with E-state index in [1.54, 1.807) is 0 Å². The summed E-state index contributed by atoms with van der Waals surface area (Å²) in [6.07, 6.45) is 8.24. The van der Waals surface area contributed by atoms with Crippen molar-refractivity contribution in [3.63, 3.8) is 0 Å². The highest BCUT2D eigenvalue weighted by Gasteiger charge is 2.08. The third kappa shape index (κ3) is 6.71. The number of hydrogen-bond acceptors (Lipinski definition) is 2. The van der Waals surface area contributed by atoms with Crippen LogP contribution in [0.3, 0.4) is 0 Å². The van der Waals surface area contributed by atoms with Gasteiger partial charge in [0.1, 0.15) is 11.5 Å². The Balaban J connectivity index is 1.93. The molecule has 0 amide bonds. The van der Waals surface area contributed by atoms with Crippen LogP contribution in [0.2, 0.25) is 5.02 Å². The lowest BCUT2D eigenvalue weighted by Crippen LogP contribution is -1.99. The molecule has 0 N–H and O–H groups in total. The molecule has 0 unspecified atom stereocenters. The van der Waals surface area contributed by atoms with Crippen LogP contribution in [-0.4, -0.2) is 18.5 Å². The van der Waals surface area contributed by atoms with Crippen molar-refractivity contribution in [2.75, 3.05) is 18.5 Å². The van der Waals surface area contributed by atoms with Gasteiger partial charge in [-0.2, -0.15) is 0 Å². The van der Waals surface area contributed by atoms with Crippen molar-refractivity contribution in [2.24, 2.45) is 0 Å². The molecule has 0 bridgehead atoms. The van der Waals surface area contributed by atoms with Gasteiger partial charge in [-0.3, -0.25) is 0 Å². The van der Waals surface area contributed by atoms with Gasteiger partial charge in [0.2, 0.25) is 0 Å². The molecule has 0 fully saturated rings. The molecule has 0 aliphatic heterocycles. The lowest BCUT2D eigenvalue weighted by Gasteiger charge is -2.11. The molecule has 2 nitrogen and oxygen atoms in total. The average molecular weight is 428 g/mol. The first-order chi connectivity index (χ1) is 12.3. The summed E-state index contributed by atoms with van der Waals surface area (Å²) in [7, 11) is 0. The molecular formula is C21H28BrClO2. The summed E-state index contributed by atoms with van der Waals surface area (Å²) >= 11 is 9.97. The Kier molecular flexibility index (Phi) is 9.49. The quantitative estimate of drug-likeness (QED) is 0.259. The van der Waals surface area contributed by atoms with Crippen LogP contribution in [0.1, 0.15) is 51.9 Å². The highest BCUT2D eigenvalue weighted by molar-refractivity contribution is 9.09. The van der Waals surface area contributed by atoms with E-state index in [4.69, 9.17) is 21.1 Å². The van der Waals surface area contributed by atoms with E-state index in [0.29, 0.717) is 11.6 Å². The lowest BCUT2D eigenvalue weighted by atomic mass is 10.1. The summed E-state index contributed by atoms with van der Waals surface area (Å²) in [6, 6.07) is 10.1. The van der Waals surface area contributed by atoms with Gasteiger partial charge >= 0.3 is 0 Å². The predicted molar refractivity (Wildman–Crippen MR) is 112 cm³/mol. The summed E-state index contributed by atoms with van der Waals surface area (Å²) in [6.45, 7) is 3.70. The van der Waals surface area contributed by atoms with Crippen molar-refractivity contribution in [1.29, 1.82) is 0 Å². The maximum absolute atomic E-state index is 6.52. The number of rotatable bonds is 12. The van der Waals surface area contributed by atoms with E-state index in [9.17, 15) is 0 Å². The van der Waals surface area contributed by atoms with Crippen molar-refractivity contribution < 1.29 is 9.47 Å². The minimum atomic E-state index is 0.687. The average Bonchev–Trinajstić information content (AvgIpc) is 2.63. The zero-order valence-electron chi connectivity index (χ0n) is 15.0. The minimum Gasteiger partial charge on any atom is -0.494 e. The normalized spacial score (nSPS) is 11.0. The highest BCUT2D eigenvalue weighted by Crippen LogP contribution is 2.34. The van der Waals surface area contributed by atoms with Gasteiger partial charge in [0.05, 0.1) is 18.2 Å². The number of ether oxygens (including phenoxy) is 2. The largest absolute Gasteiger partial charge is 0.494 e. The first-order valence-corrected chi connectivity index (χ1v) is 10.8. The summed E-state index contributed by atoms with van der Waals surface area (Å²) < 4.78 is 11.7. The molecule has 0 saturated carbocycles. The van der Waals surface area contributed by atoms with Crippen LogP contribution < -0.4 is 9.47 Å². The molecule has 2 aromatic carbocycles. The van der Waals surface area contributed by atoms with Crippen molar-refractivity contribution in [3.05, 3.63) is 35.4 Å². The monoisotopic (exact) mass is 426 g/mol. The van der Waals surface area contributed by atoms with E-state index in [0.717, 1.165) is 53.5 Å². The number of fused-ring (bicyclic) bond motifs is 1. The number of unbranched alkanes of at least 4 members (excludes halogenated alkanes) is 5. The van der Waals surface area contributed by atoms with E-state index < -0.39 is 0 Å². The van der Waals surface area contributed by atoms with Crippen molar-refractivity contribution in [3.8, 4) is 11.5 Å². The maximum Gasteiger partial charge on any atom is 0.138 e. The fourth-order valence-electron chi connectivity index (χ4n) is 2.73. The predicted octanol–water partition coefficient (Wildman–Crippen LogP) is 7.40. The zero-order chi connectivity index (χ0) is 17.9. The molecule has 0 aromatic heterocycles. The number of alkyl halides is 1. The first kappa shape index (κ1) is 20.4. The smallest absolute Gasteiger partial charge is 0.138 e. The molecule has 4 heteroatoms. The number of hydrogen-bond donors (Lipinski definition) is 0. The third-order valence-electron chi connectivity index (χ3n) is 4.19. The molecule has 0 heterocycles. The SMILES string of the molecule is CCCCCCOc1ccc2c(Cl)c(OCCCCCBr)ccc2c1. The van der Waals surface area contributed by atoms with E-state index in [1.807, 2.05) is 18.2 Å². The van der Waals surface area contributed by atoms with Crippen LogP contribution in [0.15, 0.2) is 30.3 Å². The van der Waals surface area contributed by atoms with Crippen LogP contribution in [0.4, 0.5) is 0 Å². The van der Waals surface area contributed by atoms with E-state index in [-0.39, 0.29) is 0 Å². The van der Waals surface area contributed by atoms with Crippen molar-refractivity contribution in [1.82, 2.24) is 0 Å². The molecular weight excluding hydrogens is 400 g/mol. The fourth-order valence-corrected chi connectivity index (χ4v) is 3.41. The Morgan fingerprint density at radius 3 is 2.40 bits per heavy atom. The molecule has 0 radical (unpaired) electrons. The second kappa shape index (κ2) is 11.6. The van der Waals surface area contributed by atoms with Gasteiger partial charge in [-0.05, 0) is 55.3 Å². The lowest BCUT2D eigenvalue weighted by molar-refractivity contribution is 0.305. The van der Waals surface area contributed by atoms with E-state index in [1.165, 1.54) is 25.7 Å². The van der Waals surface area contributed by atoms with Crippen LogP contribution in [-0.2, 0) is 0 Å². The van der Waals surface area contributed by atoms with Crippen molar-refractivity contribution >= 4 is 38.3 Å². The summed E-state index contributed by atoms with van der Waals surface area (Å²) in [4.78, 5) is 0. The fraction of sp³-hybridized carbons (Fsp3) is 0.524.